The molecular weight excluding hydrogens is 274 g/mol. The highest BCUT2D eigenvalue weighted by atomic mass is 32.2. The van der Waals surface area contributed by atoms with Crippen LogP contribution in [-0.2, 0) is 6.54 Å². The van der Waals surface area contributed by atoms with Crippen LogP contribution < -0.4 is 5.32 Å². The minimum Gasteiger partial charge on any atom is -0.312 e. The molecule has 2 heteroatoms. The Bertz CT molecular complexity index is 573. The Morgan fingerprint density at radius 3 is 2.29 bits per heavy atom. The van der Waals surface area contributed by atoms with Gasteiger partial charge in [0.1, 0.15) is 0 Å². The van der Waals surface area contributed by atoms with E-state index in [1.54, 1.807) is 0 Å². The summed E-state index contributed by atoms with van der Waals surface area (Å²) in [6.07, 6.45) is 0. The predicted molar refractivity (Wildman–Crippen MR) is 93.0 cm³/mol. The van der Waals surface area contributed by atoms with Crippen LogP contribution in [0.5, 0.6) is 0 Å². The zero-order chi connectivity index (χ0) is 15.2. The summed E-state index contributed by atoms with van der Waals surface area (Å²) in [4.78, 5) is 2.65. The maximum atomic E-state index is 3.55. The van der Waals surface area contributed by atoms with Gasteiger partial charge >= 0.3 is 0 Å². The van der Waals surface area contributed by atoms with E-state index < -0.39 is 0 Å². The summed E-state index contributed by atoms with van der Waals surface area (Å²) in [7, 11) is 0. The zero-order valence-corrected chi connectivity index (χ0v) is 14.3. The topological polar surface area (TPSA) is 12.0 Å². The predicted octanol–water partition coefficient (Wildman–Crippen LogP) is 5.20. The summed E-state index contributed by atoms with van der Waals surface area (Å²) in [6, 6.07) is 15.5. The molecule has 0 aliphatic carbocycles. The highest BCUT2D eigenvalue weighted by Gasteiger charge is 2.05. The molecule has 0 heterocycles. The maximum Gasteiger partial charge on any atom is 0.0216 e. The molecule has 0 aliphatic rings. The van der Waals surface area contributed by atoms with Crippen LogP contribution in [0.4, 0.5) is 0 Å². The van der Waals surface area contributed by atoms with Crippen LogP contribution in [0.3, 0.4) is 0 Å². The molecule has 0 bridgehead atoms. The smallest absolute Gasteiger partial charge is 0.0216 e. The third-order valence-electron chi connectivity index (χ3n) is 3.33. The van der Waals surface area contributed by atoms with E-state index >= 15 is 0 Å². The molecule has 0 atom stereocenters. The molecule has 0 radical (unpaired) electrons. The van der Waals surface area contributed by atoms with Crippen molar-refractivity contribution in [1.82, 2.24) is 5.32 Å². The van der Waals surface area contributed by atoms with E-state index in [9.17, 15) is 0 Å². The van der Waals surface area contributed by atoms with Crippen molar-refractivity contribution in [3.63, 3.8) is 0 Å². The Kier molecular flexibility index (Phi) is 5.89. The van der Waals surface area contributed by atoms with Gasteiger partial charge in [0.25, 0.3) is 0 Å². The van der Waals surface area contributed by atoms with Crippen LogP contribution in [-0.4, -0.2) is 6.54 Å². The molecule has 2 aromatic carbocycles. The van der Waals surface area contributed by atoms with Crippen molar-refractivity contribution in [2.75, 3.05) is 6.54 Å². The molecule has 1 N–H and O–H groups in total. The van der Waals surface area contributed by atoms with E-state index in [0.29, 0.717) is 5.92 Å². The number of hydrogen-bond donors (Lipinski definition) is 1. The number of nitrogens with one attached hydrogen (secondary N) is 1. The Morgan fingerprint density at radius 2 is 1.62 bits per heavy atom. The SMILES string of the molecule is Cc1ccc(Sc2ccc(C)cc2CNCC(C)C)cc1. The lowest BCUT2D eigenvalue weighted by Crippen LogP contribution is -2.19. The molecule has 0 aromatic heterocycles. The number of aryl methyl sites for hydroxylation is 2. The first-order valence-electron chi connectivity index (χ1n) is 7.59. The first-order chi connectivity index (χ1) is 10.0. The van der Waals surface area contributed by atoms with Gasteiger partial charge in [0.2, 0.25) is 0 Å². The highest BCUT2D eigenvalue weighted by Crippen LogP contribution is 2.31. The van der Waals surface area contributed by atoms with Gasteiger partial charge in [-0.3, -0.25) is 0 Å². The monoisotopic (exact) mass is 299 g/mol. The maximum absolute atomic E-state index is 3.55. The quantitative estimate of drug-likeness (QED) is 0.786. The van der Waals surface area contributed by atoms with Gasteiger partial charge in [-0.05, 0) is 50.1 Å². The molecule has 0 amide bonds. The molecule has 0 fully saturated rings. The van der Waals surface area contributed by atoms with Crippen molar-refractivity contribution in [3.05, 3.63) is 59.2 Å². The first-order valence-corrected chi connectivity index (χ1v) is 8.41. The lowest BCUT2D eigenvalue weighted by atomic mass is 10.1. The summed E-state index contributed by atoms with van der Waals surface area (Å²) >= 11 is 1.85. The third kappa shape index (κ3) is 5.22. The van der Waals surface area contributed by atoms with E-state index in [1.807, 2.05) is 11.8 Å². The average Bonchev–Trinajstić information content (AvgIpc) is 2.43. The van der Waals surface area contributed by atoms with Crippen LogP contribution in [0, 0.1) is 19.8 Å². The molecule has 0 spiro atoms. The summed E-state index contributed by atoms with van der Waals surface area (Å²) < 4.78 is 0. The molecule has 0 saturated carbocycles. The first kappa shape index (κ1) is 16.1. The van der Waals surface area contributed by atoms with Crippen molar-refractivity contribution in [3.8, 4) is 0 Å². The van der Waals surface area contributed by atoms with Gasteiger partial charge in [-0.1, -0.05) is 61.0 Å². The van der Waals surface area contributed by atoms with E-state index in [-0.39, 0.29) is 0 Å². The molecule has 2 rings (SSSR count). The van der Waals surface area contributed by atoms with Gasteiger partial charge < -0.3 is 5.32 Å². The van der Waals surface area contributed by atoms with Gasteiger partial charge in [-0.25, -0.2) is 0 Å². The molecular formula is C19H25NS. The minimum absolute atomic E-state index is 0.683. The standard InChI is InChI=1S/C19H25NS/c1-14(2)12-20-13-17-11-16(4)7-10-19(17)21-18-8-5-15(3)6-9-18/h5-11,14,20H,12-13H2,1-4H3. The van der Waals surface area contributed by atoms with Gasteiger partial charge in [0.15, 0.2) is 0 Å². The summed E-state index contributed by atoms with van der Waals surface area (Å²) in [5.41, 5.74) is 4.02. The highest BCUT2D eigenvalue weighted by molar-refractivity contribution is 7.99. The molecule has 0 aliphatic heterocycles. The number of hydrogen-bond acceptors (Lipinski definition) is 2. The van der Waals surface area contributed by atoms with Gasteiger partial charge in [-0.15, -0.1) is 0 Å². The summed E-state index contributed by atoms with van der Waals surface area (Å²) in [6.45, 7) is 10.8. The molecule has 21 heavy (non-hydrogen) atoms. The molecule has 112 valence electrons. The fraction of sp³-hybridized carbons (Fsp3) is 0.368. The summed E-state index contributed by atoms with van der Waals surface area (Å²) in [5.74, 6) is 0.683. The zero-order valence-electron chi connectivity index (χ0n) is 13.4. The Balaban J connectivity index is 2.12. The Labute approximate surface area is 133 Å². The van der Waals surface area contributed by atoms with Crippen molar-refractivity contribution in [2.45, 2.75) is 44.0 Å². The van der Waals surface area contributed by atoms with Crippen LogP contribution in [0.25, 0.3) is 0 Å². The normalized spacial score (nSPS) is 11.1. The van der Waals surface area contributed by atoms with Crippen LogP contribution in [0.1, 0.15) is 30.5 Å². The lowest BCUT2D eigenvalue weighted by Gasteiger charge is -2.13. The molecule has 0 saturated heterocycles. The van der Waals surface area contributed by atoms with Gasteiger partial charge in [0.05, 0.1) is 0 Å². The van der Waals surface area contributed by atoms with Crippen molar-refractivity contribution in [2.24, 2.45) is 5.92 Å². The van der Waals surface area contributed by atoms with E-state index in [2.05, 4.69) is 75.5 Å². The van der Waals surface area contributed by atoms with Crippen molar-refractivity contribution >= 4 is 11.8 Å². The minimum atomic E-state index is 0.683. The van der Waals surface area contributed by atoms with E-state index in [4.69, 9.17) is 0 Å². The molecule has 0 unspecified atom stereocenters. The van der Waals surface area contributed by atoms with Crippen molar-refractivity contribution < 1.29 is 0 Å². The second-order valence-corrected chi connectivity index (χ2v) is 7.17. The fourth-order valence-electron chi connectivity index (χ4n) is 2.17. The second kappa shape index (κ2) is 7.67. The van der Waals surface area contributed by atoms with E-state index in [1.165, 1.54) is 26.5 Å². The Hall–Kier alpha value is -1.25. The van der Waals surface area contributed by atoms with Crippen LogP contribution in [0.15, 0.2) is 52.3 Å². The Morgan fingerprint density at radius 1 is 0.952 bits per heavy atom. The number of benzene rings is 2. The van der Waals surface area contributed by atoms with E-state index in [0.717, 1.165) is 13.1 Å². The second-order valence-electron chi connectivity index (χ2n) is 6.05. The van der Waals surface area contributed by atoms with Crippen LogP contribution >= 0.6 is 11.8 Å². The fourth-order valence-corrected chi connectivity index (χ4v) is 3.10. The largest absolute Gasteiger partial charge is 0.312 e. The lowest BCUT2D eigenvalue weighted by molar-refractivity contribution is 0.550. The van der Waals surface area contributed by atoms with Crippen LogP contribution in [0.2, 0.25) is 0 Å². The summed E-state index contributed by atoms with van der Waals surface area (Å²) in [5, 5.41) is 3.55. The van der Waals surface area contributed by atoms with Crippen molar-refractivity contribution in [1.29, 1.82) is 0 Å². The third-order valence-corrected chi connectivity index (χ3v) is 4.46. The molecule has 1 nitrogen and oxygen atoms in total. The average molecular weight is 299 g/mol. The number of rotatable bonds is 6. The van der Waals surface area contributed by atoms with Gasteiger partial charge in [-0.2, -0.15) is 0 Å². The van der Waals surface area contributed by atoms with Gasteiger partial charge in [0, 0.05) is 16.3 Å². The molecule has 2 aromatic rings.